The molecule has 38 heavy (non-hydrogen) atoms. The highest BCUT2D eigenvalue weighted by molar-refractivity contribution is 6.04. The van der Waals surface area contributed by atoms with Crippen molar-refractivity contribution in [3.8, 4) is 17.2 Å². The number of anilines is 1. The Morgan fingerprint density at radius 2 is 1.82 bits per heavy atom. The number of aryl methyl sites for hydroxylation is 1. The van der Waals surface area contributed by atoms with Gasteiger partial charge >= 0.3 is 0 Å². The van der Waals surface area contributed by atoms with E-state index in [1.807, 2.05) is 6.92 Å². The van der Waals surface area contributed by atoms with Crippen LogP contribution in [0.2, 0.25) is 0 Å². The van der Waals surface area contributed by atoms with Crippen molar-refractivity contribution in [2.45, 2.75) is 32.8 Å². The first-order chi connectivity index (χ1) is 18.4. The third kappa shape index (κ3) is 5.56. The van der Waals surface area contributed by atoms with E-state index in [0.29, 0.717) is 48.3 Å². The van der Waals surface area contributed by atoms with Gasteiger partial charge in [0.15, 0.2) is 11.9 Å². The van der Waals surface area contributed by atoms with Crippen molar-refractivity contribution in [1.82, 2.24) is 24.8 Å². The maximum Gasteiger partial charge on any atom is 0.272 e. The van der Waals surface area contributed by atoms with Crippen molar-refractivity contribution in [1.29, 1.82) is 0 Å². The molecule has 0 saturated carbocycles. The van der Waals surface area contributed by atoms with Crippen molar-refractivity contribution < 1.29 is 23.9 Å². The van der Waals surface area contributed by atoms with Crippen LogP contribution in [-0.2, 0) is 4.79 Å². The first-order valence-corrected chi connectivity index (χ1v) is 12.5. The fraction of sp³-hybridized carbons (Fsp3) is 0.333. The molecule has 2 saturated heterocycles. The lowest BCUT2D eigenvalue weighted by Gasteiger charge is -2.30. The lowest BCUT2D eigenvalue weighted by atomic mass is 10.1. The maximum absolute atomic E-state index is 13.1. The summed E-state index contributed by atoms with van der Waals surface area (Å²) in [6.07, 6.45) is 5.39. The molecule has 0 bridgehead atoms. The monoisotopic (exact) mass is 516 g/mol. The highest BCUT2D eigenvalue weighted by Gasteiger charge is 2.32. The lowest BCUT2D eigenvalue weighted by Crippen LogP contribution is -2.42. The van der Waals surface area contributed by atoms with Gasteiger partial charge in [-0.1, -0.05) is 0 Å². The van der Waals surface area contributed by atoms with Gasteiger partial charge in [0.2, 0.25) is 0 Å². The average Bonchev–Trinajstić information content (AvgIpc) is 3.23. The number of ether oxygens (including phenoxy) is 2. The molecule has 0 unspecified atom stereocenters. The van der Waals surface area contributed by atoms with E-state index >= 15 is 0 Å². The van der Waals surface area contributed by atoms with Crippen LogP contribution >= 0.6 is 0 Å². The van der Waals surface area contributed by atoms with Gasteiger partial charge in [-0.3, -0.25) is 19.4 Å². The second-order valence-corrected chi connectivity index (χ2v) is 9.13. The van der Waals surface area contributed by atoms with E-state index in [1.54, 1.807) is 53.3 Å². The number of hydrogen-bond donors (Lipinski definition) is 1. The zero-order valence-corrected chi connectivity index (χ0v) is 21.2. The summed E-state index contributed by atoms with van der Waals surface area (Å²) < 4.78 is 12.0. The smallest absolute Gasteiger partial charge is 0.272 e. The minimum Gasteiger partial charge on any atom is -0.480 e. The van der Waals surface area contributed by atoms with Crippen molar-refractivity contribution in [2.24, 2.45) is 0 Å². The number of nitrogens with one attached hydrogen (secondary N) is 1. The number of rotatable bonds is 8. The number of likely N-dealkylation sites (N-methyl/N-ethyl adjacent to an activating group) is 1. The third-order valence-electron chi connectivity index (χ3n) is 6.41. The van der Waals surface area contributed by atoms with Crippen LogP contribution in [0, 0.1) is 6.92 Å². The molecule has 11 nitrogen and oxygen atoms in total. The first-order valence-electron chi connectivity index (χ1n) is 12.5. The van der Waals surface area contributed by atoms with E-state index in [9.17, 15) is 14.4 Å². The number of aromatic nitrogens is 3. The van der Waals surface area contributed by atoms with Gasteiger partial charge in [0.25, 0.3) is 17.7 Å². The Kier molecular flexibility index (Phi) is 7.16. The largest absolute Gasteiger partial charge is 0.480 e. The number of likely N-dealkylation sites (tertiary alicyclic amines) is 2. The second-order valence-electron chi connectivity index (χ2n) is 9.13. The normalized spacial score (nSPS) is 16.7. The summed E-state index contributed by atoms with van der Waals surface area (Å²) in [5, 5.41) is 2.71. The molecule has 1 N–H and O–H groups in total. The summed E-state index contributed by atoms with van der Waals surface area (Å²) in [6, 6.07) is 7.98. The number of amides is 3. The molecule has 2 aromatic heterocycles. The van der Waals surface area contributed by atoms with Gasteiger partial charge in [0.1, 0.15) is 22.9 Å². The minimum absolute atomic E-state index is 0.0913. The highest BCUT2D eigenvalue weighted by Crippen LogP contribution is 2.30. The molecule has 4 heterocycles. The molecule has 5 rings (SSSR count). The molecule has 2 aliphatic heterocycles. The van der Waals surface area contributed by atoms with Gasteiger partial charge in [-0.25, -0.2) is 9.97 Å². The number of hydrogen-bond acceptors (Lipinski definition) is 8. The van der Waals surface area contributed by atoms with Gasteiger partial charge in [0.05, 0.1) is 24.3 Å². The zero-order valence-electron chi connectivity index (χ0n) is 21.2. The van der Waals surface area contributed by atoms with E-state index < -0.39 is 12.0 Å². The molecule has 0 radical (unpaired) electrons. The second kappa shape index (κ2) is 10.8. The molecule has 196 valence electrons. The maximum atomic E-state index is 13.1. The predicted molar refractivity (Wildman–Crippen MR) is 137 cm³/mol. The van der Waals surface area contributed by atoms with Crippen LogP contribution in [0.4, 0.5) is 5.82 Å². The van der Waals surface area contributed by atoms with Gasteiger partial charge < -0.3 is 24.6 Å². The van der Waals surface area contributed by atoms with Gasteiger partial charge in [-0.15, -0.1) is 0 Å². The number of carbonyl (C=O) groups excluding carboxylic acids is 3. The highest BCUT2D eigenvalue weighted by atomic mass is 16.5. The molecule has 1 atom stereocenters. The molecule has 2 aliphatic rings. The molecule has 2 fully saturated rings. The van der Waals surface area contributed by atoms with Crippen LogP contribution in [0.15, 0.2) is 48.9 Å². The standard InChI is InChI=1S/C27H28N6O5/c1-3-32-10-7-23(27(32)36)38-21-12-18(25(34)31-24-16-28-17(2)14-30-24)11-20(13-21)37-19-5-6-22(29-15-19)26(35)33-8-4-9-33/h5-6,11-16,23H,3-4,7-10H2,1-2H3,(H,30,31,34)/t23-/m1/s1. The van der Waals surface area contributed by atoms with Crippen molar-refractivity contribution in [2.75, 3.05) is 31.5 Å². The summed E-state index contributed by atoms with van der Waals surface area (Å²) in [4.78, 5) is 54.1. The number of nitrogens with zero attached hydrogens (tertiary/aromatic N) is 5. The Labute approximate surface area is 219 Å². The molecular weight excluding hydrogens is 488 g/mol. The van der Waals surface area contributed by atoms with Gasteiger partial charge in [-0.05, 0) is 44.5 Å². The predicted octanol–water partition coefficient (Wildman–Crippen LogP) is 3.07. The van der Waals surface area contributed by atoms with Gasteiger partial charge in [0, 0.05) is 44.2 Å². The Bertz CT molecular complexity index is 1340. The molecule has 11 heteroatoms. The molecular formula is C27H28N6O5. The third-order valence-corrected chi connectivity index (χ3v) is 6.41. The van der Waals surface area contributed by atoms with Crippen LogP contribution in [0.3, 0.4) is 0 Å². The molecule has 1 aromatic carbocycles. The van der Waals surface area contributed by atoms with E-state index in [0.717, 1.165) is 25.2 Å². The SMILES string of the molecule is CCN1CC[C@@H](Oc2cc(Oc3ccc(C(=O)N4CCC4)nc3)cc(C(=O)Nc3cnc(C)cn3)c2)C1=O. The van der Waals surface area contributed by atoms with Crippen molar-refractivity contribution >= 4 is 23.5 Å². The Balaban J connectivity index is 1.37. The fourth-order valence-electron chi connectivity index (χ4n) is 4.16. The Morgan fingerprint density at radius 3 is 2.45 bits per heavy atom. The van der Waals surface area contributed by atoms with E-state index in [2.05, 4.69) is 20.3 Å². The molecule has 3 aromatic rings. The zero-order chi connectivity index (χ0) is 26.6. The Morgan fingerprint density at radius 1 is 1.00 bits per heavy atom. The van der Waals surface area contributed by atoms with Crippen LogP contribution in [0.1, 0.15) is 46.3 Å². The first kappa shape index (κ1) is 25.1. The van der Waals surface area contributed by atoms with Crippen LogP contribution in [-0.4, -0.2) is 74.8 Å². The molecule has 0 aliphatic carbocycles. The Hall–Kier alpha value is -4.54. The fourth-order valence-corrected chi connectivity index (χ4v) is 4.16. The summed E-state index contributed by atoms with van der Waals surface area (Å²) in [7, 11) is 0. The topological polar surface area (TPSA) is 127 Å². The van der Waals surface area contributed by atoms with E-state index in [4.69, 9.17) is 9.47 Å². The number of carbonyl (C=O) groups is 3. The molecule has 0 spiro atoms. The van der Waals surface area contributed by atoms with E-state index in [1.165, 1.54) is 12.4 Å². The van der Waals surface area contributed by atoms with Crippen LogP contribution in [0.5, 0.6) is 17.2 Å². The number of benzene rings is 1. The van der Waals surface area contributed by atoms with Gasteiger partial charge in [-0.2, -0.15) is 0 Å². The van der Waals surface area contributed by atoms with Crippen molar-refractivity contribution in [3.63, 3.8) is 0 Å². The van der Waals surface area contributed by atoms with Crippen LogP contribution in [0.25, 0.3) is 0 Å². The van der Waals surface area contributed by atoms with E-state index in [-0.39, 0.29) is 17.4 Å². The quantitative estimate of drug-likeness (QED) is 0.484. The summed E-state index contributed by atoms with van der Waals surface area (Å²) in [6.45, 7) is 6.42. The average molecular weight is 517 g/mol. The van der Waals surface area contributed by atoms with Crippen molar-refractivity contribution in [3.05, 3.63) is 65.9 Å². The minimum atomic E-state index is -0.641. The summed E-state index contributed by atoms with van der Waals surface area (Å²) in [5.74, 6) is 0.656. The lowest BCUT2D eigenvalue weighted by molar-refractivity contribution is -0.133. The number of pyridine rings is 1. The summed E-state index contributed by atoms with van der Waals surface area (Å²) in [5.41, 5.74) is 1.31. The molecule has 3 amide bonds. The summed E-state index contributed by atoms with van der Waals surface area (Å²) >= 11 is 0. The van der Waals surface area contributed by atoms with Crippen LogP contribution < -0.4 is 14.8 Å².